The van der Waals surface area contributed by atoms with E-state index in [4.69, 9.17) is 4.42 Å². The molecule has 1 aromatic heterocycles. The summed E-state index contributed by atoms with van der Waals surface area (Å²) in [4.78, 5) is 10.6. The Labute approximate surface area is 101 Å². The van der Waals surface area contributed by atoms with Crippen LogP contribution in [0.1, 0.15) is 21.7 Å². The van der Waals surface area contributed by atoms with E-state index in [0.29, 0.717) is 28.9 Å². The smallest absolute Gasteiger partial charge is 0.416 e. The van der Waals surface area contributed by atoms with Crippen molar-refractivity contribution < 1.29 is 22.4 Å². The van der Waals surface area contributed by atoms with Crippen LogP contribution in [-0.4, -0.2) is 6.29 Å². The summed E-state index contributed by atoms with van der Waals surface area (Å²) < 4.78 is 42.4. The molecule has 0 aliphatic rings. The van der Waals surface area contributed by atoms with E-state index in [1.807, 2.05) is 0 Å². The van der Waals surface area contributed by atoms with Gasteiger partial charge in [-0.05, 0) is 25.1 Å². The highest BCUT2D eigenvalue weighted by molar-refractivity contribution is 5.79. The Hall–Kier alpha value is -2.04. The fraction of sp³-hybridized carbons (Fsp3) is 0.154. The monoisotopic (exact) mass is 254 g/mol. The molecule has 0 fully saturated rings. The number of benzene rings is 1. The zero-order chi connectivity index (χ0) is 13.3. The molecule has 0 aliphatic heterocycles. The highest BCUT2D eigenvalue weighted by atomic mass is 19.4. The van der Waals surface area contributed by atoms with Gasteiger partial charge in [0.25, 0.3) is 0 Å². The topological polar surface area (TPSA) is 30.2 Å². The first-order valence-electron chi connectivity index (χ1n) is 5.15. The van der Waals surface area contributed by atoms with Crippen LogP contribution < -0.4 is 0 Å². The van der Waals surface area contributed by atoms with E-state index in [0.717, 1.165) is 12.1 Å². The van der Waals surface area contributed by atoms with Gasteiger partial charge in [-0.1, -0.05) is 12.1 Å². The van der Waals surface area contributed by atoms with E-state index in [1.54, 1.807) is 6.92 Å². The number of carbonyl (C=O) groups is 1. The maximum Gasteiger partial charge on any atom is 0.416 e. The van der Waals surface area contributed by atoms with Gasteiger partial charge < -0.3 is 4.42 Å². The highest BCUT2D eigenvalue weighted by Gasteiger charge is 2.30. The van der Waals surface area contributed by atoms with Gasteiger partial charge in [0.05, 0.1) is 11.1 Å². The van der Waals surface area contributed by atoms with Gasteiger partial charge >= 0.3 is 6.18 Å². The molecule has 0 unspecified atom stereocenters. The third-order valence-electron chi connectivity index (χ3n) is 2.58. The lowest BCUT2D eigenvalue weighted by atomic mass is 10.1. The summed E-state index contributed by atoms with van der Waals surface area (Å²) in [6.07, 6.45) is -3.71. The number of halogens is 3. The Balaban J connectivity index is 2.37. The van der Waals surface area contributed by atoms with Crippen molar-refractivity contribution in [3.8, 4) is 11.3 Å². The van der Waals surface area contributed by atoms with E-state index in [-0.39, 0.29) is 0 Å². The number of aryl methyl sites for hydroxylation is 1. The first kappa shape index (κ1) is 12.4. The van der Waals surface area contributed by atoms with E-state index in [2.05, 4.69) is 0 Å². The van der Waals surface area contributed by atoms with Crippen molar-refractivity contribution in [1.29, 1.82) is 0 Å². The van der Waals surface area contributed by atoms with Gasteiger partial charge in [-0.2, -0.15) is 13.2 Å². The predicted octanol–water partition coefficient (Wildman–Crippen LogP) is 4.09. The van der Waals surface area contributed by atoms with Crippen LogP contribution in [0, 0.1) is 6.92 Å². The van der Waals surface area contributed by atoms with Crippen molar-refractivity contribution in [3.05, 3.63) is 47.2 Å². The molecule has 1 heterocycles. The molecule has 94 valence electrons. The number of aldehydes is 1. The molecule has 0 N–H and O–H groups in total. The molecule has 2 rings (SSSR count). The standard InChI is InChI=1S/C13H9F3O2/c1-8-10(7-17)6-12(18-8)9-2-4-11(5-3-9)13(14,15)16/h2-7H,1H3. The largest absolute Gasteiger partial charge is 0.461 e. The fourth-order valence-electron chi connectivity index (χ4n) is 1.58. The number of alkyl halides is 3. The Kier molecular flexibility index (Phi) is 2.98. The van der Waals surface area contributed by atoms with Gasteiger partial charge in [0.15, 0.2) is 6.29 Å². The molecule has 2 aromatic rings. The minimum Gasteiger partial charge on any atom is -0.461 e. The molecule has 0 saturated carbocycles. The van der Waals surface area contributed by atoms with Crippen LogP contribution in [0.5, 0.6) is 0 Å². The number of hydrogen-bond acceptors (Lipinski definition) is 2. The zero-order valence-electron chi connectivity index (χ0n) is 9.41. The third-order valence-corrected chi connectivity index (χ3v) is 2.58. The molecule has 0 aliphatic carbocycles. The third kappa shape index (κ3) is 2.30. The van der Waals surface area contributed by atoms with Crippen LogP contribution in [-0.2, 0) is 6.18 Å². The van der Waals surface area contributed by atoms with Crippen molar-refractivity contribution in [3.63, 3.8) is 0 Å². The Morgan fingerprint density at radius 1 is 1.17 bits per heavy atom. The minimum atomic E-state index is -4.36. The Bertz CT molecular complexity index is 565. The van der Waals surface area contributed by atoms with Gasteiger partial charge in [-0.15, -0.1) is 0 Å². The van der Waals surface area contributed by atoms with Crippen molar-refractivity contribution in [2.75, 3.05) is 0 Å². The van der Waals surface area contributed by atoms with E-state index >= 15 is 0 Å². The fourth-order valence-corrected chi connectivity index (χ4v) is 1.58. The summed E-state index contributed by atoms with van der Waals surface area (Å²) >= 11 is 0. The molecule has 0 saturated heterocycles. The number of carbonyl (C=O) groups excluding carboxylic acids is 1. The predicted molar refractivity (Wildman–Crippen MR) is 59.3 cm³/mol. The maximum absolute atomic E-state index is 12.4. The summed E-state index contributed by atoms with van der Waals surface area (Å²) in [7, 11) is 0. The summed E-state index contributed by atoms with van der Waals surface area (Å²) in [5.41, 5.74) is 0.175. The van der Waals surface area contributed by atoms with E-state index in [1.165, 1.54) is 18.2 Å². The summed E-state index contributed by atoms with van der Waals surface area (Å²) in [6, 6.07) is 6.10. The number of hydrogen-bond donors (Lipinski definition) is 0. The lowest BCUT2D eigenvalue weighted by Gasteiger charge is -2.06. The van der Waals surface area contributed by atoms with Gasteiger partial charge in [-0.25, -0.2) is 0 Å². The van der Waals surface area contributed by atoms with Gasteiger partial charge in [-0.3, -0.25) is 4.79 Å². The lowest BCUT2D eigenvalue weighted by molar-refractivity contribution is -0.137. The summed E-state index contributed by atoms with van der Waals surface area (Å²) in [6.45, 7) is 1.62. The molecule has 2 nitrogen and oxygen atoms in total. The van der Waals surface area contributed by atoms with Crippen LogP contribution in [0.25, 0.3) is 11.3 Å². The van der Waals surface area contributed by atoms with Gasteiger partial charge in [0.2, 0.25) is 0 Å². The van der Waals surface area contributed by atoms with Gasteiger partial charge in [0, 0.05) is 5.56 Å². The molecule has 0 atom stereocenters. The first-order valence-corrected chi connectivity index (χ1v) is 5.15. The first-order chi connectivity index (χ1) is 8.41. The SMILES string of the molecule is Cc1oc(-c2ccc(C(F)(F)F)cc2)cc1C=O. The van der Waals surface area contributed by atoms with Crippen molar-refractivity contribution in [1.82, 2.24) is 0 Å². The average Bonchev–Trinajstić information content (AvgIpc) is 2.69. The summed E-state index contributed by atoms with van der Waals surface area (Å²) in [5.74, 6) is 0.822. The normalized spacial score (nSPS) is 11.6. The second-order valence-corrected chi connectivity index (χ2v) is 3.82. The van der Waals surface area contributed by atoms with Crippen molar-refractivity contribution >= 4 is 6.29 Å². The highest BCUT2D eigenvalue weighted by Crippen LogP contribution is 2.31. The molecule has 0 radical (unpaired) electrons. The van der Waals surface area contributed by atoms with Crippen molar-refractivity contribution in [2.45, 2.75) is 13.1 Å². The molecular formula is C13H9F3O2. The molecular weight excluding hydrogens is 245 g/mol. The summed E-state index contributed by atoms with van der Waals surface area (Å²) in [5, 5.41) is 0. The minimum absolute atomic E-state index is 0.378. The maximum atomic E-state index is 12.4. The molecule has 1 aromatic carbocycles. The van der Waals surface area contributed by atoms with Crippen LogP contribution in [0.3, 0.4) is 0 Å². The van der Waals surface area contributed by atoms with Crippen molar-refractivity contribution in [2.24, 2.45) is 0 Å². The van der Waals surface area contributed by atoms with E-state index in [9.17, 15) is 18.0 Å². The van der Waals surface area contributed by atoms with Crippen LogP contribution >= 0.6 is 0 Å². The van der Waals surface area contributed by atoms with Gasteiger partial charge in [0.1, 0.15) is 11.5 Å². The Morgan fingerprint density at radius 2 is 1.78 bits per heavy atom. The lowest BCUT2D eigenvalue weighted by Crippen LogP contribution is -2.03. The molecule has 0 amide bonds. The molecule has 5 heteroatoms. The van der Waals surface area contributed by atoms with Crippen LogP contribution in [0.4, 0.5) is 13.2 Å². The average molecular weight is 254 g/mol. The molecule has 18 heavy (non-hydrogen) atoms. The molecule has 0 spiro atoms. The zero-order valence-corrected chi connectivity index (χ0v) is 9.41. The number of furan rings is 1. The number of rotatable bonds is 2. The second kappa shape index (κ2) is 4.33. The quantitative estimate of drug-likeness (QED) is 0.755. The second-order valence-electron chi connectivity index (χ2n) is 3.82. The molecule has 0 bridgehead atoms. The van der Waals surface area contributed by atoms with E-state index < -0.39 is 11.7 Å². The van der Waals surface area contributed by atoms with Crippen LogP contribution in [0.2, 0.25) is 0 Å². The Morgan fingerprint density at radius 3 is 2.22 bits per heavy atom. The van der Waals surface area contributed by atoms with Crippen LogP contribution in [0.15, 0.2) is 34.7 Å².